The maximum absolute atomic E-state index is 12.5. The summed E-state index contributed by atoms with van der Waals surface area (Å²) in [6, 6.07) is 5.23. The van der Waals surface area contributed by atoms with Crippen molar-refractivity contribution in [2.75, 3.05) is 0 Å². The lowest BCUT2D eigenvalue weighted by atomic mass is 10.1. The Kier molecular flexibility index (Phi) is 3.08. The highest BCUT2D eigenvalue weighted by Gasteiger charge is 2.30. The SMILES string of the molecule is FC(F)(F)c1cccc(Cc2cnccn2)c1. The molecule has 0 saturated carbocycles. The Bertz CT molecular complexity index is 495. The van der Waals surface area contributed by atoms with Crippen LogP contribution in [0.15, 0.2) is 42.9 Å². The summed E-state index contributed by atoms with van der Waals surface area (Å²) in [5.41, 5.74) is 0.575. The molecule has 0 unspecified atom stereocenters. The van der Waals surface area contributed by atoms with E-state index in [4.69, 9.17) is 0 Å². The molecule has 0 fully saturated rings. The van der Waals surface area contributed by atoms with E-state index in [0.717, 1.165) is 12.1 Å². The van der Waals surface area contributed by atoms with Gasteiger partial charge in [0.05, 0.1) is 11.3 Å². The number of hydrogen-bond acceptors (Lipinski definition) is 2. The molecule has 5 heteroatoms. The summed E-state index contributed by atoms with van der Waals surface area (Å²) in [7, 11) is 0. The quantitative estimate of drug-likeness (QED) is 0.803. The van der Waals surface area contributed by atoms with Crippen molar-refractivity contribution in [3.63, 3.8) is 0 Å². The molecule has 1 aromatic heterocycles. The Labute approximate surface area is 96.2 Å². The van der Waals surface area contributed by atoms with Gasteiger partial charge in [0.15, 0.2) is 0 Å². The average Bonchev–Trinajstić information content (AvgIpc) is 2.29. The maximum atomic E-state index is 12.5. The molecule has 17 heavy (non-hydrogen) atoms. The predicted octanol–water partition coefficient (Wildman–Crippen LogP) is 3.09. The van der Waals surface area contributed by atoms with Crippen LogP contribution < -0.4 is 0 Å². The molecule has 0 amide bonds. The predicted molar refractivity (Wildman–Crippen MR) is 56.3 cm³/mol. The zero-order valence-electron chi connectivity index (χ0n) is 8.78. The van der Waals surface area contributed by atoms with Crippen molar-refractivity contribution in [1.82, 2.24) is 9.97 Å². The normalized spacial score (nSPS) is 11.5. The van der Waals surface area contributed by atoms with Gasteiger partial charge in [0.1, 0.15) is 0 Å². The van der Waals surface area contributed by atoms with Gasteiger partial charge in [-0.25, -0.2) is 0 Å². The van der Waals surface area contributed by atoms with E-state index in [2.05, 4.69) is 9.97 Å². The fourth-order valence-corrected chi connectivity index (χ4v) is 1.49. The first-order valence-corrected chi connectivity index (χ1v) is 4.97. The Balaban J connectivity index is 2.23. The number of rotatable bonds is 2. The second-order valence-corrected chi connectivity index (χ2v) is 3.57. The van der Waals surface area contributed by atoms with Crippen molar-refractivity contribution in [2.45, 2.75) is 12.6 Å². The van der Waals surface area contributed by atoms with Crippen LogP contribution in [0.2, 0.25) is 0 Å². The van der Waals surface area contributed by atoms with E-state index in [0.29, 0.717) is 17.7 Å². The monoisotopic (exact) mass is 238 g/mol. The number of halogens is 3. The summed E-state index contributed by atoms with van der Waals surface area (Å²) in [4.78, 5) is 7.89. The summed E-state index contributed by atoms with van der Waals surface area (Å²) in [5, 5.41) is 0. The molecular formula is C12H9F3N2. The summed E-state index contributed by atoms with van der Waals surface area (Å²) < 4.78 is 37.4. The molecule has 2 rings (SSSR count). The number of benzene rings is 1. The minimum Gasteiger partial charge on any atom is -0.261 e. The molecule has 0 spiro atoms. The smallest absolute Gasteiger partial charge is 0.261 e. The highest BCUT2D eigenvalue weighted by molar-refractivity contribution is 5.28. The number of nitrogens with zero attached hydrogens (tertiary/aromatic N) is 2. The van der Waals surface area contributed by atoms with Crippen LogP contribution in [-0.2, 0) is 12.6 Å². The molecule has 1 heterocycles. The molecule has 0 aliphatic rings. The Hall–Kier alpha value is -1.91. The molecule has 0 atom stereocenters. The van der Waals surface area contributed by atoms with Gasteiger partial charge in [0, 0.05) is 25.0 Å². The van der Waals surface area contributed by atoms with Crippen molar-refractivity contribution in [3.05, 3.63) is 59.7 Å². The molecule has 2 nitrogen and oxygen atoms in total. The van der Waals surface area contributed by atoms with E-state index in [1.165, 1.54) is 18.5 Å². The molecule has 0 aliphatic carbocycles. The van der Waals surface area contributed by atoms with Gasteiger partial charge in [-0.1, -0.05) is 18.2 Å². The van der Waals surface area contributed by atoms with Gasteiger partial charge in [-0.15, -0.1) is 0 Å². The van der Waals surface area contributed by atoms with Crippen LogP contribution in [0.25, 0.3) is 0 Å². The van der Waals surface area contributed by atoms with Gasteiger partial charge in [-0.3, -0.25) is 9.97 Å². The first-order valence-electron chi connectivity index (χ1n) is 4.97. The van der Waals surface area contributed by atoms with Crippen molar-refractivity contribution in [1.29, 1.82) is 0 Å². The summed E-state index contributed by atoms with van der Waals surface area (Å²) in [5.74, 6) is 0. The van der Waals surface area contributed by atoms with E-state index in [1.807, 2.05) is 0 Å². The molecule has 88 valence electrons. The van der Waals surface area contributed by atoms with Crippen LogP contribution in [-0.4, -0.2) is 9.97 Å². The van der Waals surface area contributed by atoms with Crippen molar-refractivity contribution >= 4 is 0 Å². The molecule has 0 bridgehead atoms. The lowest BCUT2D eigenvalue weighted by Gasteiger charge is -2.08. The zero-order valence-corrected chi connectivity index (χ0v) is 8.78. The van der Waals surface area contributed by atoms with Gasteiger partial charge >= 0.3 is 6.18 Å². The first-order chi connectivity index (χ1) is 8.05. The Morgan fingerprint density at radius 1 is 1.12 bits per heavy atom. The third-order valence-electron chi connectivity index (χ3n) is 2.26. The van der Waals surface area contributed by atoms with Crippen LogP contribution in [0.5, 0.6) is 0 Å². The highest BCUT2D eigenvalue weighted by Crippen LogP contribution is 2.29. The van der Waals surface area contributed by atoms with Gasteiger partial charge in [-0.05, 0) is 11.6 Å². The maximum Gasteiger partial charge on any atom is 0.416 e. The summed E-state index contributed by atoms with van der Waals surface area (Å²) >= 11 is 0. The first kappa shape index (κ1) is 11.6. The highest BCUT2D eigenvalue weighted by atomic mass is 19.4. The fourth-order valence-electron chi connectivity index (χ4n) is 1.49. The standard InChI is InChI=1S/C12H9F3N2/c13-12(14,15)10-3-1-2-9(6-10)7-11-8-16-4-5-17-11/h1-6,8H,7H2. The molecule has 0 radical (unpaired) electrons. The molecule has 0 aliphatic heterocycles. The second-order valence-electron chi connectivity index (χ2n) is 3.57. The van der Waals surface area contributed by atoms with Gasteiger partial charge in [0.2, 0.25) is 0 Å². The van der Waals surface area contributed by atoms with Crippen LogP contribution in [0.3, 0.4) is 0 Å². The molecule has 1 aromatic carbocycles. The Morgan fingerprint density at radius 3 is 2.59 bits per heavy atom. The molecule has 0 N–H and O–H groups in total. The Morgan fingerprint density at radius 2 is 1.94 bits per heavy atom. The third-order valence-corrected chi connectivity index (χ3v) is 2.26. The molecule has 2 aromatic rings. The lowest BCUT2D eigenvalue weighted by molar-refractivity contribution is -0.137. The van der Waals surface area contributed by atoms with Crippen LogP contribution >= 0.6 is 0 Å². The minimum atomic E-state index is -4.31. The van der Waals surface area contributed by atoms with Gasteiger partial charge in [0.25, 0.3) is 0 Å². The molecular weight excluding hydrogens is 229 g/mol. The molecule has 0 saturated heterocycles. The van der Waals surface area contributed by atoms with Crippen molar-refractivity contribution in [3.8, 4) is 0 Å². The summed E-state index contributed by atoms with van der Waals surface area (Å²) in [6.45, 7) is 0. The van der Waals surface area contributed by atoms with Crippen molar-refractivity contribution in [2.24, 2.45) is 0 Å². The topological polar surface area (TPSA) is 25.8 Å². The fraction of sp³-hybridized carbons (Fsp3) is 0.167. The van der Waals surface area contributed by atoms with Gasteiger partial charge in [-0.2, -0.15) is 13.2 Å². The van der Waals surface area contributed by atoms with E-state index in [-0.39, 0.29) is 0 Å². The van der Waals surface area contributed by atoms with Crippen LogP contribution in [0, 0.1) is 0 Å². The van der Waals surface area contributed by atoms with E-state index < -0.39 is 11.7 Å². The van der Waals surface area contributed by atoms with Crippen molar-refractivity contribution < 1.29 is 13.2 Å². The average molecular weight is 238 g/mol. The minimum absolute atomic E-state index is 0.345. The number of hydrogen-bond donors (Lipinski definition) is 0. The largest absolute Gasteiger partial charge is 0.416 e. The van der Waals surface area contributed by atoms with E-state index >= 15 is 0 Å². The van der Waals surface area contributed by atoms with E-state index in [1.54, 1.807) is 12.3 Å². The lowest BCUT2D eigenvalue weighted by Crippen LogP contribution is -2.05. The van der Waals surface area contributed by atoms with Crippen LogP contribution in [0.4, 0.5) is 13.2 Å². The van der Waals surface area contributed by atoms with Crippen LogP contribution in [0.1, 0.15) is 16.8 Å². The number of alkyl halides is 3. The zero-order chi connectivity index (χ0) is 12.3. The van der Waals surface area contributed by atoms with E-state index in [9.17, 15) is 13.2 Å². The third kappa shape index (κ3) is 3.03. The van der Waals surface area contributed by atoms with Gasteiger partial charge < -0.3 is 0 Å². The summed E-state index contributed by atoms with van der Waals surface area (Å²) in [6.07, 6.45) is 0.620. The second kappa shape index (κ2) is 4.53. The number of aromatic nitrogens is 2.